The van der Waals surface area contributed by atoms with Gasteiger partial charge >= 0.3 is 5.97 Å². The van der Waals surface area contributed by atoms with Crippen LogP contribution in [0, 0.1) is 11.8 Å². The molecule has 0 fully saturated rings. The normalized spacial score (nSPS) is 10.5. The van der Waals surface area contributed by atoms with Crippen LogP contribution in [0.2, 0.25) is 0 Å². The molecule has 1 N–H and O–H groups in total. The Bertz CT molecular complexity index is 1640. The molecule has 0 aliphatic carbocycles. The number of hydrogen-bond donors (Lipinski definition) is 1. The highest BCUT2D eigenvalue weighted by Gasteiger charge is 2.18. The van der Waals surface area contributed by atoms with Crippen LogP contribution in [-0.2, 0) is 24.6 Å². The molecule has 6 heteroatoms. The zero-order chi connectivity index (χ0) is 27.6. The van der Waals surface area contributed by atoms with Gasteiger partial charge in [0.25, 0.3) is 0 Å². The molecule has 0 atom stereocenters. The Morgan fingerprint density at radius 1 is 0.725 bits per heavy atom. The van der Waals surface area contributed by atoms with Crippen molar-refractivity contribution in [2.75, 3.05) is 6.61 Å². The summed E-state index contributed by atoms with van der Waals surface area (Å²) in [6.45, 7) is 1.22. The molecule has 0 unspecified atom stereocenters. The molecule has 40 heavy (non-hydrogen) atoms. The molecular weight excluding hydrogens is 502 g/mol. The maximum absolute atomic E-state index is 12.0. The third-order valence-electron chi connectivity index (χ3n) is 6.09. The van der Waals surface area contributed by atoms with Gasteiger partial charge in [-0.2, -0.15) is 0 Å². The lowest BCUT2D eigenvalue weighted by molar-refractivity contribution is 0.0690. The lowest BCUT2D eigenvalue weighted by atomic mass is 10.1. The van der Waals surface area contributed by atoms with Gasteiger partial charge in [0, 0.05) is 11.5 Å². The minimum atomic E-state index is -1.16. The fourth-order valence-corrected chi connectivity index (χ4v) is 4.10. The molecule has 0 aliphatic heterocycles. The van der Waals surface area contributed by atoms with E-state index in [9.17, 15) is 9.90 Å². The predicted molar refractivity (Wildman–Crippen MR) is 153 cm³/mol. The Hall–Kier alpha value is -5.12. The van der Waals surface area contributed by atoms with Crippen LogP contribution in [-0.4, -0.2) is 22.7 Å². The van der Waals surface area contributed by atoms with Crippen molar-refractivity contribution in [3.8, 4) is 23.3 Å². The van der Waals surface area contributed by atoms with Gasteiger partial charge in [-0.3, -0.25) is 0 Å². The quantitative estimate of drug-likeness (QED) is 0.161. The van der Waals surface area contributed by atoms with E-state index in [2.05, 4.69) is 16.8 Å². The SMILES string of the molecule is O=C(O)c1cc(OCc2ccccc2)c2ccc(C#CCOCc3ccccc3)c(OCc3ccccc3)c2n1. The van der Waals surface area contributed by atoms with Crippen LogP contribution < -0.4 is 9.47 Å². The number of rotatable bonds is 10. The summed E-state index contributed by atoms with van der Waals surface area (Å²) in [5, 5.41) is 10.4. The largest absolute Gasteiger partial charge is 0.488 e. The second kappa shape index (κ2) is 13.1. The third-order valence-corrected chi connectivity index (χ3v) is 6.09. The topological polar surface area (TPSA) is 77.9 Å². The molecule has 0 spiro atoms. The van der Waals surface area contributed by atoms with E-state index in [4.69, 9.17) is 14.2 Å². The second-order valence-electron chi connectivity index (χ2n) is 8.98. The zero-order valence-electron chi connectivity index (χ0n) is 21.7. The fourth-order valence-electron chi connectivity index (χ4n) is 4.10. The van der Waals surface area contributed by atoms with Crippen molar-refractivity contribution < 1.29 is 24.1 Å². The average Bonchev–Trinajstić information content (AvgIpc) is 3.00. The summed E-state index contributed by atoms with van der Waals surface area (Å²) in [5.41, 5.74) is 3.79. The van der Waals surface area contributed by atoms with Gasteiger partial charge in [0.2, 0.25) is 0 Å². The van der Waals surface area contributed by atoms with E-state index < -0.39 is 5.97 Å². The molecule has 0 radical (unpaired) electrons. The van der Waals surface area contributed by atoms with E-state index in [-0.39, 0.29) is 25.5 Å². The van der Waals surface area contributed by atoms with Crippen molar-refractivity contribution >= 4 is 16.9 Å². The van der Waals surface area contributed by atoms with Gasteiger partial charge in [-0.05, 0) is 28.8 Å². The van der Waals surface area contributed by atoms with Crippen molar-refractivity contribution in [1.82, 2.24) is 4.98 Å². The first-order valence-electron chi connectivity index (χ1n) is 12.8. The van der Waals surface area contributed by atoms with Crippen LogP contribution in [0.1, 0.15) is 32.7 Å². The van der Waals surface area contributed by atoms with Crippen molar-refractivity contribution in [3.05, 3.63) is 137 Å². The first-order valence-corrected chi connectivity index (χ1v) is 12.8. The number of aromatic carboxylic acids is 1. The van der Waals surface area contributed by atoms with Crippen LogP contribution >= 0.6 is 0 Å². The highest BCUT2D eigenvalue weighted by atomic mass is 16.5. The molecule has 4 aromatic carbocycles. The van der Waals surface area contributed by atoms with Gasteiger partial charge in [0.1, 0.15) is 31.1 Å². The van der Waals surface area contributed by atoms with E-state index in [1.165, 1.54) is 6.07 Å². The standard InChI is InChI=1S/C34H27NO5/c36-34(37)30-21-31(39-23-26-13-6-2-7-14-26)29-19-18-28(17-10-20-38-22-25-11-4-1-5-12-25)33(32(29)35-30)40-24-27-15-8-3-9-16-27/h1-9,11-16,18-19,21H,20,22-24H2,(H,36,37). The molecule has 6 nitrogen and oxygen atoms in total. The smallest absolute Gasteiger partial charge is 0.354 e. The van der Waals surface area contributed by atoms with Crippen LogP contribution in [0.15, 0.2) is 109 Å². The van der Waals surface area contributed by atoms with E-state index in [1.807, 2.05) is 103 Å². The van der Waals surface area contributed by atoms with E-state index in [0.717, 1.165) is 16.7 Å². The van der Waals surface area contributed by atoms with Crippen LogP contribution in [0.4, 0.5) is 0 Å². The minimum Gasteiger partial charge on any atom is -0.488 e. The Morgan fingerprint density at radius 3 is 1.90 bits per heavy atom. The molecule has 5 rings (SSSR count). The highest BCUT2D eigenvalue weighted by Crippen LogP contribution is 2.35. The first-order chi connectivity index (χ1) is 19.7. The summed E-state index contributed by atoms with van der Waals surface area (Å²) in [7, 11) is 0. The van der Waals surface area contributed by atoms with Gasteiger partial charge in [-0.1, -0.05) is 103 Å². The molecule has 0 aliphatic rings. The van der Waals surface area contributed by atoms with E-state index in [0.29, 0.717) is 34.6 Å². The van der Waals surface area contributed by atoms with Crippen LogP contribution in [0.25, 0.3) is 10.9 Å². The molecule has 0 saturated heterocycles. The maximum atomic E-state index is 12.0. The Morgan fingerprint density at radius 2 is 1.30 bits per heavy atom. The summed E-state index contributed by atoms with van der Waals surface area (Å²) < 4.78 is 18.1. The van der Waals surface area contributed by atoms with Crippen molar-refractivity contribution in [2.45, 2.75) is 19.8 Å². The number of benzene rings is 4. The monoisotopic (exact) mass is 529 g/mol. The lowest BCUT2D eigenvalue weighted by Gasteiger charge is -2.15. The van der Waals surface area contributed by atoms with Gasteiger partial charge in [0.05, 0.1) is 12.2 Å². The Balaban J connectivity index is 1.48. The average molecular weight is 530 g/mol. The van der Waals surface area contributed by atoms with Gasteiger partial charge in [0.15, 0.2) is 11.4 Å². The van der Waals surface area contributed by atoms with Crippen molar-refractivity contribution in [2.24, 2.45) is 0 Å². The number of carboxylic acids is 1. The number of pyridine rings is 1. The lowest BCUT2D eigenvalue weighted by Crippen LogP contribution is -2.06. The predicted octanol–water partition coefficient (Wildman–Crippen LogP) is 6.66. The second-order valence-corrected chi connectivity index (χ2v) is 8.98. The fraction of sp³-hybridized carbons (Fsp3) is 0.118. The first kappa shape index (κ1) is 26.5. The number of carbonyl (C=O) groups is 1. The van der Waals surface area contributed by atoms with Crippen LogP contribution in [0.5, 0.6) is 11.5 Å². The highest BCUT2D eigenvalue weighted by molar-refractivity contribution is 5.96. The van der Waals surface area contributed by atoms with Crippen molar-refractivity contribution in [1.29, 1.82) is 0 Å². The molecule has 0 saturated carbocycles. The summed E-state index contributed by atoms with van der Waals surface area (Å²) in [6, 6.07) is 34.4. The Labute approximate surface area is 232 Å². The zero-order valence-corrected chi connectivity index (χ0v) is 21.7. The van der Waals surface area contributed by atoms with Gasteiger partial charge < -0.3 is 19.3 Å². The molecule has 198 valence electrons. The van der Waals surface area contributed by atoms with Crippen LogP contribution in [0.3, 0.4) is 0 Å². The number of hydrogen-bond acceptors (Lipinski definition) is 5. The molecule has 5 aromatic rings. The van der Waals surface area contributed by atoms with E-state index >= 15 is 0 Å². The minimum absolute atomic E-state index is 0.142. The summed E-state index contributed by atoms with van der Waals surface area (Å²) in [6.07, 6.45) is 0. The molecule has 1 heterocycles. The maximum Gasteiger partial charge on any atom is 0.354 e. The molecule has 1 aromatic heterocycles. The molecule has 0 amide bonds. The Kier molecular flexibility index (Phi) is 8.67. The van der Waals surface area contributed by atoms with Gasteiger partial charge in [-0.25, -0.2) is 9.78 Å². The third kappa shape index (κ3) is 6.84. The molecular formula is C34H27NO5. The number of aromatic nitrogens is 1. The van der Waals surface area contributed by atoms with Crippen molar-refractivity contribution in [3.63, 3.8) is 0 Å². The summed E-state index contributed by atoms with van der Waals surface area (Å²) >= 11 is 0. The number of ether oxygens (including phenoxy) is 3. The van der Waals surface area contributed by atoms with Gasteiger partial charge in [-0.15, -0.1) is 0 Å². The number of fused-ring (bicyclic) bond motifs is 1. The summed E-state index contributed by atoms with van der Waals surface area (Å²) in [4.78, 5) is 16.4. The molecule has 0 bridgehead atoms. The van der Waals surface area contributed by atoms with E-state index in [1.54, 1.807) is 0 Å². The number of nitrogens with zero attached hydrogens (tertiary/aromatic N) is 1. The summed E-state index contributed by atoms with van der Waals surface area (Å²) in [5.74, 6) is 5.81. The number of carboxylic acid groups (broad SMARTS) is 1.